The van der Waals surface area contributed by atoms with Crippen LogP contribution in [-0.2, 0) is 0 Å². The van der Waals surface area contributed by atoms with E-state index in [1.54, 1.807) is 48.5 Å². The molecule has 8 rings (SSSR count). The molecule has 0 spiro atoms. The van der Waals surface area contributed by atoms with Crippen molar-refractivity contribution in [1.29, 1.82) is 0 Å². The van der Waals surface area contributed by atoms with Crippen molar-refractivity contribution in [1.82, 2.24) is 0 Å². The Morgan fingerprint density at radius 1 is 0.350 bits per heavy atom. The first-order chi connectivity index (χ1) is 24.5. The summed E-state index contributed by atoms with van der Waals surface area (Å²) >= 11 is 0. The summed E-state index contributed by atoms with van der Waals surface area (Å²) in [6, 6.07) is 23.3. The van der Waals surface area contributed by atoms with Crippen molar-refractivity contribution in [2.45, 2.75) is 0 Å². The van der Waals surface area contributed by atoms with Crippen molar-refractivity contribution in [3.8, 4) is 33.4 Å². The number of hydrogen-bond acceptors (Lipinski definition) is 0. The molecule has 0 aliphatic heterocycles. The average molecular weight is 518 g/mol. The molecule has 0 aliphatic rings. The lowest BCUT2D eigenvalue weighted by molar-refractivity contribution is 1.63. The van der Waals surface area contributed by atoms with Crippen LogP contribution in [0.25, 0.3) is 76.5 Å². The Kier molecular flexibility index (Phi) is 3.29. The van der Waals surface area contributed by atoms with Crippen molar-refractivity contribution in [3.63, 3.8) is 0 Å². The number of fused-ring (bicyclic) bond motifs is 4. The largest absolute Gasteiger partial charge is 0.0636 e. The maximum Gasteiger partial charge on any atom is 0.0636 e. The van der Waals surface area contributed by atoms with Crippen LogP contribution in [0.3, 0.4) is 0 Å². The van der Waals surface area contributed by atoms with Gasteiger partial charge in [0.25, 0.3) is 0 Å². The fraction of sp³-hybridized carbons (Fsp3) is 0. The van der Waals surface area contributed by atoms with Crippen LogP contribution in [0.5, 0.6) is 0 Å². The molecule has 0 nitrogen and oxygen atoms in total. The van der Waals surface area contributed by atoms with Crippen molar-refractivity contribution < 1.29 is 15.1 Å². The molecule has 0 radical (unpaired) electrons. The van der Waals surface area contributed by atoms with E-state index in [0.29, 0.717) is 38.2 Å². The van der Waals surface area contributed by atoms with E-state index >= 15 is 0 Å². The molecule has 0 unspecified atom stereocenters. The van der Waals surface area contributed by atoms with Crippen LogP contribution in [0.1, 0.15) is 15.1 Å². The van der Waals surface area contributed by atoms with Gasteiger partial charge in [-0.3, -0.25) is 0 Å². The first kappa shape index (κ1) is 14.3. The molecule has 8 aromatic carbocycles. The maximum absolute atomic E-state index is 9.65. The van der Waals surface area contributed by atoms with Gasteiger partial charge in [-0.2, -0.15) is 0 Å². The summed E-state index contributed by atoms with van der Waals surface area (Å²) in [6.45, 7) is 0. The highest BCUT2D eigenvalue weighted by molar-refractivity contribution is 6.23. The molecule has 0 saturated carbocycles. The van der Waals surface area contributed by atoms with E-state index in [9.17, 15) is 2.74 Å². The van der Waals surface area contributed by atoms with Gasteiger partial charge in [-0.05, 0) is 82.5 Å². The predicted octanol–water partition coefficient (Wildman–Crippen LogP) is 11.3. The molecule has 8 aromatic rings. The van der Waals surface area contributed by atoms with Gasteiger partial charge in [0.05, 0.1) is 15.1 Å². The summed E-state index contributed by atoms with van der Waals surface area (Å²) < 4.78 is 97.7. The second-order valence-corrected chi connectivity index (χ2v) is 9.62. The third kappa shape index (κ3) is 3.54. The van der Waals surface area contributed by atoms with Gasteiger partial charge in [-0.15, -0.1) is 0 Å². The van der Waals surface area contributed by atoms with Crippen molar-refractivity contribution >= 4 is 43.1 Å². The highest BCUT2D eigenvalue weighted by Crippen LogP contribution is 2.45. The third-order valence-electron chi connectivity index (χ3n) is 7.43. The highest BCUT2D eigenvalue weighted by atomic mass is 14.2. The molecule has 0 heterocycles. The topological polar surface area (TPSA) is 0 Å². The van der Waals surface area contributed by atoms with Crippen LogP contribution < -0.4 is 0 Å². The lowest BCUT2D eigenvalue weighted by Crippen LogP contribution is -1.92. The fourth-order valence-electron chi connectivity index (χ4n) is 5.71. The first-order valence-electron chi connectivity index (χ1n) is 18.5. The van der Waals surface area contributed by atoms with Gasteiger partial charge in [-0.25, -0.2) is 0 Å². The summed E-state index contributed by atoms with van der Waals surface area (Å²) in [5.74, 6) is 0. The van der Waals surface area contributed by atoms with E-state index in [2.05, 4.69) is 0 Å². The lowest BCUT2D eigenvalue weighted by atomic mass is 9.84. The monoisotopic (exact) mass is 517 g/mol. The van der Waals surface area contributed by atoms with Crippen LogP contribution in [0.2, 0.25) is 0 Å². The molecule has 0 aromatic heterocycles. The van der Waals surface area contributed by atoms with Gasteiger partial charge in [-0.1, -0.05) is 151 Å². The zero-order chi connectivity index (χ0) is 36.0. The zero-order valence-electron chi connectivity index (χ0n) is 32.2. The predicted molar refractivity (Wildman–Crippen MR) is 173 cm³/mol. The van der Waals surface area contributed by atoms with Crippen LogP contribution in [0.4, 0.5) is 0 Å². The minimum atomic E-state index is -0.536. The Morgan fingerprint density at radius 3 is 1.70 bits per heavy atom. The Hall–Kier alpha value is -5.20. The van der Waals surface area contributed by atoms with E-state index in [4.69, 9.17) is 12.3 Å². The maximum atomic E-state index is 9.65. The molecule has 0 heteroatoms. The Bertz CT molecular complexity index is 2750. The molecule has 0 saturated heterocycles. The molecule has 0 atom stereocenters. The van der Waals surface area contributed by atoms with E-state index in [-0.39, 0.29) is 57.7 Å². The van der Waals surface area contributed by atoms with Crippen LogP contribution in [0, 0.1) is 0 Å². The van der Waals surface area contributed by atoms with E-state index in [0.717, 1.165) is 10.8 Å². The molecule has 186 valence electrons. The lowest BCUT2D eigenvalue weighted by Gasteiger charge is -2.19. The second-order valence-electron chi connectivity index (χ2n) is 9.62. The third-order valence-corrected chi connectivity index (χ3v) is 7.43. The molecule has 0 amide bonds. The smallest absolute Gasteiger partial charge is 0.0616 e. The van der Waals surface area contributed by atoms with E-state index < -0.39 is 36.3 Å². The molecular weight excluding hydrogens is 480 g/mol. The standard InChI is InChI=1S/C40H26/c1-3-18-31-27(12-1)14-10-24-33(31)29-16-9-17-30(26-29)39-35-20-5-7-22-37(35)40(38-23-8-6-21-36(38)39)34-25-11-15-28-13-2-4-19-32(28)34/h1-26H/i2D,4D,9D,11D,13D,15D,16D,17D,19D,25D,26D. The summed E-state index contributed by atoms with van der Waals surface area (Å²) in [5.41, 5.74) is 1.93. The van der Waals surface area contributed by atoms with Gasteiger partial charge in [0.15, 0.2) is 0 Å². The van der Waals surface area contributed by atoms with E-state index in [1.165, 1.54) is 0 Å². The molecule has 0 aliphatic carbocycles. The van der Waals surface area contributed by atoms with Gasteiger partial charge in [0.1, 0.15) is 0 Å². The minimum absolute atomic E-state index is 0.0392. The second kappa shape index (κ2) is 9.22. The summed E-state index contributed by atoms with van der Waals surface area (Å²) in [5, 5.41) is 3.66. The Labute approximate surface area is 249 Å². The summed E-state index contributed by atoms with van der Waals surface area (Å²) in [4.78, 5) is 0. The van der Waals surface area contributed by atoms with Gasteiger partial charge in [0.2, 0.25) is 0 Å². The number of benzene rings is 8. The number of hydrogen-bond donors (Lipinski definition) is 0. The molecule has 0 N–H and O–H groups in total. The summed E-state index contributed by atoms with van der Waals surface area (Å²) in [7, 11) is 0. The zero-order valence-corrected chi connectivity index (χ0v) is 21.2. The number of rotatable bonds is 3. The Balaban J connectivity index is 1.58. The molecule has 40 heavy (non-hydrogen) atoms. The van der Waals surface area contributed by atoms with Gasteiger partial charge >= 0.3 is 0 Å². The minimum Gasteiger partial charge on any atom is -0.0616 e. The van der Waals surface area contributed by atoms with Crippen molar-refractivity contribution in [3.05, 3.63) is 157 Å². The SMILES string of the molecule is [2H]c1c([2H])c(-c2cccc3ccccc23)c([2H])c(-c2c3ccccc3c(-c3c([2H])c([2H])c([2H])c4c([2H])c([2H])c([2H])c([2H])c34)c3ccccc23)c1[2H]. The van der Waals surface area contributed by atoms with Crippen molar-refractivity contribution in [2.24, 2.45) is 0 Å². The van der Waals surface area contributed by atoms with Gasteiger partial charge < -0.3 is 0 Å². The van der Waals surface area contributed by atoms with E-state index in [1.807, 2.05) is 42.5 Å². The summed E-state index contributed by atoms with van der Waals surface area (Å²) in [6.07, 6.45) is 0. The normalized spacial score (nSPS) is 15.3. The van der Waals surface area contributed by atoms with Crippen LogP contribution in [-0.4, -0.2) is 0 Å². The molecule has 0 fully saturated rings. The Morgan fingerprint density at radius 2 is 0.925 bits per heavy atom. The highest BCUT2D eigenvalue weighted by Gasteiger charge is 2.18. The van der Waals surface area contributed by atoms with Crippen molar-refractivity contribution in [2.75, 3.05) is 0 Å². The van der Waals surface area contributed by atoms with Crippen LogP contribution >= 0.6 is 0 Å². The fourth-order valence-corrected chi connectivity index (χ4v) is 5.71. The quantitative estimate of drug-likeness (QED) is 0.204. The molecule has 0 bridgehead atoms. The molecular formula is C40H26. The van der Waals surface area contributed by atoms with Crippen LogP contribution in [0.15, 0.2) is 157 Å². The van der Waals surface area contributed by atoms with Gasteiger partial charge in [0, 0.05) is 0 Å². The average Bonchev–Trinajstić information content (AvgIpc) is 3.14. The first-order valence-corrected chi connectivity index (χ1v) is 13.0.